The van der Waals surface area contributed by atoms with Crippen LogP contribution in [0.4, 0.5) is 0 Å². The van der Waals surface area contributed by atoms with Crippen molar-refractivity contribution in [1.29, 1.82) is 0 Å². The van der Waals surface area contributed by atoms with Crippen LogP contribution in [-0.2, 0) is 0 Å². The lowest BCUT2D eigenvalue weighted by molar-refractivity contribution is 1.32. The number of rotatable bonds is 8. The van der Waals surface area contributed by atoms with Gasteiger partial charge in [-0.25, -0.2) is 4.98 Å². The molecular weight excluding hydrogens is 763 g/mol. The third kappa shape index (κ3) is 6.72. The maximum Gasteiger partial charge on any atom is 0.147 e. The molecule has 0 saturated heterocycles. The van der Waals surface area contributed by atoms with Crippen molar-refractivity contribution in [2.75, 3.05) is 0 Å². The lowest BCUT2D eigenvalue weighted by atomic mass is 9.92. The number of nitrogens with zero attached hydrogens (tertiary/aromatic N) is 1. The Balaban J connectivity index is 0.926. The quantitative estimate of drug-likeness (QED) is 0.139. The van der Waals surface area contributed by atoms with Crippen molar-refractivity contribution in [3.05, 3.63) is 243 Å². The van der Waals surface area contributed by atoms with Crippen LogP contribution in [0.25, 0.3) is 89.3 Å². The molecular formula is C60H43NSi. The number of pyridine rings is 1. The lowest BCUT2D eigenvalue weighted by Crippen LogP contribution is -2.62. The predicted molar refractivity (Wildman–Crippen MR) is 265 cm³/mol. The first kappa shape index (κ1) is 37.4. The van der Waals surface area contributed by atoms with Crippen LogP contribution in [0.3, 0.4) is 0 Å². The highest BCUT2D eigenvalue weighted by Gasteiger charge is 2.43. The van der Waals surface area contributed by atoms with Gasteiger partial charge < -0.3 is 0 Å². The molecule has 1 atom stereocenters. The smallest absolute Gasteiger partial charge is 0.147 e. The number of hydrogen-bond donors (Lipinski definition) is 0. The molecule has 1 nitrogen and oxygen atoms in total. The molecule has 0 amide bonds. The summed E-state index contributed by atoms with van der Waals surface area (Å²) in [6, 6.07) is 88.4. The SMILES string of the molecule is C[Si]1(c2ccccc2)c2ccccc2-c2c(-c3cccc(-c4cccc(-c5ccc(-c6cc(-c7ccccc7)cc(-c7cccc(-c8ccccc8)c7)n6)cc5)c4)c3)cccc21. The summed E-state index contributed by atoms with van der Waals surface area (Å²) in [5.41, 5.74) is 18.8. The summed E-state index contributed by atoms with van der Waals surface area (Å²) in [7, 11) is -2.17. The van der Waals surface area contributed by atoms with Crippen LogP contribution in [0, 0.1) is 0 Å². The van der Waals surface area contributed by atoms with Gasteiger partial charge in [0, 0.05) is 11.1 Å². The zero-order chi connectivity index (χ0) is 41.5. The average molecular weight is 806 g/mol. The second-order valence-electron chi connectivity index (χ2n) is 16.4. The molecule has 0 saturated carbocycles. The largest absolute Gasteiger partial charge is 0.248 e. The van der Waals surface area contributed by atoms with E-state index in [1.165, 1.54) is 76.8 Å². The fourth-order valence-corrected chi connectivity index (χ4v) is 13.7. The van der Waals surface area contributed by atoms with E-state index in [-0.39, 0.29) is 0 Å². The first-order chi connectivity index (χ1) is 30.6. The molecule has 2 heteroatoms. The Morgan fingerprint density at radius 2 is 0.677 bits per heavy atom. The van der Waals surface area contributed by atoms with Crippen molar-refractivity contribution in [3.63, 3.8) is 0 Å². The van der Waals surface area contributed by atoms with E-state index >= 15 is 0 Å². The molecule has 1 unspecified atom stereocenters. The Bertz CT molecular complexity index is 3230. The molecule has 0 N–H and O–H groups in total. The lowest BCUT2D eigenvalue weighted by Gasteiger charge is -2.25. The van der Waals surface area contributed by atoms with E-state index in [0.29, 0.717) is 0 Å². The van der Waals surface area contributed by atoms with E-state index in [9.17, 15) is 0 Å². The first-order valence-electron chi connectivity index (χ1n) is 21.4. The van der Waals surface area contributed by atoms with Crippen molar-refractivity contribution >= 4 is 23.6 Å². The van der Waals surface area contributed by atoms with Gasteiger partial charge in [-0.3, -0.25) is 0 Å². The molecule has 0 aliphatic carbocycles. The molecule has 9 aromatic carbocycles. The normalized spacial score (nSPS) is 14.0. The standard InChI is InChI=1S/C60H43NSi/c1-62(53-27-9-4-10-28-53)58-31-12-11-29-55(58)60-54(30-16-32-59(60)62)50-25-14-24-49(38-50)48-23-13-21-46(37-48)44-33-35-45(36-34-44)56-40-52(43-19-7-3-8-20-43)41-57(61-56)51-26-15-22-47(39-51)42-17-5-2-6-18-42/h2-41H,1H3. The summed E-state index contributed by atoms with van der Waals surface area (Å²) in [5, 5.41) is 4.44. The maximum atomic E-state index is 5.28. The van der Waals surface area contributed by atoms with Gasteiger partial charge in [0.15, 0.2) is 0 Å². The van der Waals surface area contributed by atoms with Gasteiger partial charge in [0.05, 0.1) is 11.4 Å². The number of hydrogen-bond acceptors (Lipinski definition) is 1. The molecule has 0 spiro atoms. The van der Waals surface area contributed by atoms with E-state index in [2.05, 4.69) is 249 Å². The summed E-state index contributed by atoms with van der Waals surface area (Å²) < 4.78 is 0. The Morgan fingerprint density at radius 3 is 1.34 bits per heavy atom. The summed E-state index contributed by atoms with van der Waals surface area (Å²) in [6.45, 7) is 2.52. The average Bonchev–Trinajstić information content (AvgIpc) is 3.63. The molecule has 11 rings (SSSR count). The van der Waals surface area contributed by atoms with Gasteiger partial charge in [-0.1, -0.05) is 219 Å². The van der Waals surface area contributed by atoms with Gasteiger partial charge in [0.2, 0.25) is 0 Å². The molecule has 10 aromatic rings. The van der Waals surface area contributed by atoms with Gasteiger partial charge in [0.1, 0.15) is 8.07 Å². The minimum atomic E-state index is -2.17. The van der Waals surface area contributed by atoms with Crippen LogP contribution in [0.5, 0.6) is 0 Å². The Kier molecular flexibility index (Phi) is 9.49. The molecule has 1 aliphatic heterocycles. The molecule has 2 heterocycles. The van der Waals surface area contributed by atoms with Gasteiger partial charge in [-0.2, -0.15) is 0 Å². The zero-order valence-corrected chi connectivity index (χ0v) is 35.5. The summed E-state index contributed by atoms with van der Waals surface area (Å²) >= 11 is 0. The fraction of sp³-hybridized carbons (Fsp3) is 0.0167. The van der Waals surface area contributed by atoms with E-state index in [1.54, 1.807) is 0 Å². The Morgan fingerprint density at radius 1 is 0.274 bits per heavy atom. The third-order valence-corrected chi connectivity index (χ3v) is 17.3. The number of aromatic nitrogens is 1. The minimum Gasteiger partial charge on any atom is -0.248 e. The Labute approximate surface area is 365 Å². The van der Waals surface area contributed by atoms with Crippen molar-refractivity contribution in [1.82, 2.24) is 4.98 Å². The number of fused-ring (bicyclic) bond motifs is 3. The number of benzene rings is 9. The zero-order valence-electron chi connectivity index (χ0n) is 34.5. The van der Waals surface area contributed by atoms with Gasteiger partial charge in [-0.15, -0.1) is 0 Å². The van der Waals surface area contributed by atoms with Crippen LogP contribution in [-0.4, -0.2) is 13.1 Å². The molecule has 1 aliphatic rings. The van der Waals surface area contributed by atoms with Crippen LogP contribution < -0.4 is 15.6 Å². The third-order valence-electron chi connectivity index (χ3n) is 12.8. The highest BCUT2D eigenvalue weighted by Crippen LogP contribution is 2.39. The van der Waals surface area contributed by atoms with E-state index in [1.807, 2.05) is 0 Å². The van der Waals surface area contributed by atoms with E-state index < -0.39 is 8.07 Å². The van der Waals surface area contributed by atoms with E-state index in [0.717, 1.165) is 28.1 Å². The monoisotopic (exact) mass is 805 g/mol. The van der Waals surface area contributed by atoms with Crippen LogP contribution in [0.1, 0.15) is 0 Å². The Hall–Kier alpha value is -7.65. The van der Waals surface area contributed by atoms with Gasteiger partial charge in [-0.05, 0) is 113 Å². The topological polar surface area (TPSA) is 12.9 Å². The van der Waals surface area contributed by atoms with Gasteiger partial charge >= 0.3 is 0 Å². The molecule has 0 radical (unpaired) electrons. The van der Waals surface area contributed by atoms with Crippen molar-refractivity contribution in [3.8, 4) is 89.3 Å². The molecule has 0 bridgehead atoms. The second kappa shape index (κ2) is 15.7. The highest BCUT2D eigenvalue weighted by atomic mass is 28.3. The highest BCUT2D eigenvalue weighted by molar-refractivity contribution is 7.13. The van der Waals surface area contributed by atoms with Crippen molar-refractivity contribution < 1.29 is 0 Å². The molecule has 0 fully saturated rings. The first-order valence-corrected chi connectivity index (χ1v) is 23.9. The minimum absolute atomic E-state index is 0.949. The van der Waals surface area contributed by atoms with Crippen molar-refractivity contribution in [2.45, 2.75) is 6.55 Å². The maximum absolute atomic E-state index is 5.28. The summed E-state index contributed by atoms with van der Waals surface area (Å²) in [4.78, 5) is 5.28. The van der Waals surface area contributed by atoms with Crippen LogP contribution in [0.2, 0.25) is 6.55 Å². The van der Waals surface area contributed by atoms with Crippen LogP contribution >= 0.6 is 0 Å². The predicted octanol–water partition coefficient (Wildman–Crippen LogP) is 13.8. The molecule has 292 valence electrons. The van der Waals surface area contributed by atoms with Gasteiger partial charge in [0.25, 0.3) is 0 Å². The van der Waals surface area contributed by atoms with Crippen LogP contribution in [0.15, 0.2) is 243 Å². The van der Waals surface area contributed by atoms with Crippen molar-refractivity contribution in [2.24, 2.45) is 0 Å². The van der Waals surface area contributed by atoms with E-state index in [4.69, 9.17) is 4.98 Å². The summed E-state index contributed by atoms with van der Waals surface area (Å²) in [5.74, 6) is 0. The molecule has 1 aromatic heterocycles. The molecule has 62 heavy (non-hydrogen) atoms. The second-order valence-corrected chi connectivity index (χ2v) is 20.3. The summed E-state index contributed by atoms with van der Waals surface area (Å²) in [6.07, 6.45) is 0. The fourth-order valence-electron chi connectivity index (χ4n) is 9.55.